The molecular formula is C27H18N4O6. The van der Waals surface area contributed by atoms with Gasteiger partial charge in [0, 0.05) is 40.2 Å². The Hall–Kier alpha value is -5.51. The van der Waals surface area contributed by atoms with Crippen LogP contribution in [0.25, 0.3) is 33.1 Å². The van der Waals surface area contributed by atoms with Crippen molar-refractivity contribution in [2.45, 2.75) is 0 Å². The molecule has 0 unspecified atom stereocenters. The van der Waals surface area contributed by atoms with Gasteiger partial charge >= 0.3 is 0 Å². The van der Waals surface area contributed by atoms with E-state index in [0.717, 1.165) is 0 Å². The molecule has 2 amide bonds. The van der Waals surface area contributed by atoms with Crippen molar-refractivity contribution < 1.29 is 18.9 Å². The summed E-state index contributed by atoms with van der Waals surface area (Å²) < 4.78 is 5.92. The standard InChI is InChI=1S/C27H18N4O6/c28-26(33)15-3-10-19-22(13-15)37-21-12-11-20(27(29)34)23(24(21)25(19)32)14-1-4-16(5-2-14)30-17-6-8-18(9-7-17)31(35)36/h1-13,30H,(H2,28,33)(H2,29,34). The Morgan fingerprint density at radius 1 is 0.811 bits per heavy atom. The fraction of sp³-hybridized carbons (Fsp3) is 0. The molecule has 0 aliphatic carbocycles. The predicted molar refractivity (Wildman–Crippen MR) is 139 cm³/mol. The van der Waals surface area contributed by atoms with Crippen molar-refractivity contribution in [3.8, 4) is 11.1 Å². The van der Waals surface area contributed by atoms with E-state index < -0.39 is 22.2 Å². The van der Waals surface area contributed by atoms with E-state index in [9.17, 15) is 24.5 Å². The van der Waals surface area contributed by atoms with Crippen LogP contribution in [0.2, 0.25) is 0 Å². The molecule has 10 heteroatoms. The number of hydrogen-bond acceptors (Lipinski definition) is 7. The molecule has 182 valence electrons. The number of nitro benzene ring substituents is 1. The Morgan fingerprint density at radius 3 is 2.05 bits per heavy atom. The molecule has 37 heavy (non-hydrogen) atoms. The number of non-ortho nitro benzene ring substituents is 1. The Labute approximate surface area is 208 Å². The second-order valence-electron chi connectivity index (χ2n) is 8.24. The number of hydrogen-bond donors (Lipinski definition) is 3. The van der Waals surface area contributed by atoms with E-state index >= 15 is 0 Å². The first-order valence-corrected chi connectivity index (χ1v) is 11.0. The van der Waals surface area contributed by atoms with Crippen molar-refractivity contribution in [3.05, 3.63) is 110 Å². The van der Waals surface area contributed by atoms with Crippen LogP contribution in [0.15, 0.2) is 88.1 Å². The zero-order chi connectivity index (χ0) is 26.3. The number of rotatable bonds is 6. The first-order chi connectivity index (χ1) is 17.7. The number of benzene rings is 4. The number of carbonyl (C=O) groups excluding carboxylic acids is 2. The highest BCUT2D eigenvalue weighted by atomic mass is 16.6. The maximum absolute atomic E-state index is 13.5. The molecule has 4 aromatic carbocycles. The third-order valence-corrected chi connectivity index (χ3v) is 5.93. The van der Waals surface area contributed by atoms with Crippen LogP contribution >= 0.6 is 0 Å². The van der Waals surface area contributed by atoms with E-state index in [4.69, 9.17) is 15.9 Å². The van der Waals surface area contributed by atoms with Gasteiger partial charge in [0.25, 0.3) is 5.69 Å². The molecule has 5 rings (SSSR count). The summed E-state index contributed by atoms with van der Waals surface area (Å²) in [6.07, 6.45) is 0. The number of nitrogens with zero attached hydrogens (tertiary/aromatic N) is 1. The molecule has 0 aliphatic rings. The summed E-state index contributed by atoms with van der Waals surface area (Å²) in [6.45, 7) is 0. The molecule has 5 aromatic rings. The maximum atomic E-state index is 13.5. The number of amides is 2. The smallest absolute Gasteiger partial charge is 0.269 e. The molecule has 0 saturated heterocycles. The van der Waals surface area contributed by atoms with Crippen molar-refractivity contribution >= 4 is 50.8 Å². The second-order valence-corrected chi connectivity index (χ2v) is 8.24. The third-order valence-electron chi connectivity index (χ3n) is 5.93. The lowest BCUT2D eigenvalue weighted by Gasteiger charge is -2.13. The van der Waals surface area contributed by atoms with Crippen LogP contribution in [0, 0.1) is 10.1 Å². The molecule has 0 bridgehead atoms. The third kappa shape index (κ3) is 4.23. The average Bonchev–Trinajstić information content (AvgIpc) is 2.88. The molecule has 1 aromatic heterocycles. The predicted octanol–water partition coefficient (Wildman–Crippen LogP) is 4.46. The summed E-state index contributed by atoms with van der Waals surface area (Å²) in [5.74, 6) is -1.37. The van der Waals surface area contributed by atoms with Crippen LogP contribution in [-0.4, -0.2) is 16.7 Å². The quantitative estimate of drug-likeness (QED) is 0.177. The molecule has 1 heterocycles. The molecule has 0 saturated carbocycles. The van der Waals surface area contributed by atoms with Crippen molar-refractivity contribution in [1.82, 2.24) is 0 Å². The average molecular weight is 494 g/mol. The molecule has 0 aliphatic heterocycles. The first-order valence-electron chi connectivity index (χ1n) is 11.0. The van der Waals surface area contributed by atoms with Crippen LogP contribution < -0.4 is 22.2 Å². The lowest BCUT2D eigenvalue weighted by molar-refractivity contribution is -0.384. The zero-order valence-corrected chi connectivity index (χ0v) is 19.1. The fourth-order valence-corrected chi connectivity index (χ4v) is 4.15. The van der Waals surface area contributed by atoms with Gasteiger partial charge in [-0.15, -0.1) is 0 Å². The first kappa shape index (κ1) is 23.2. The van der Waals surface area contributed by atoms with Gasteiger partial charge in [-0.1, -0.05) is 12.1 Å². The Bertz CT molecular complexity index is 1790. The van der Waals surface area contributed by atoms with Gasteiger partial charge in [-0.2, -0.15) is 0 Å². The number of primary amides is 2. The van der Waals surface area contributed by atoms with Crippen LogP contribution in [0.1, 0.15) is 20.7 Å². The molecular weight excluding hydrogens is 476 g/mol. The van der Waals surface area contributed by atoms with Gasteiger partial charge in [0.15, 0.2) is 0 Å². The zero-order valence-electron chi connectivity index (χ0n) is 19.1. The summed E-state index contributed by atoms with van der Waals surface area (Å²) in [4.78, 5) is 47.8. The highest BCUT2D eigenvalue weighted by Gasteiger charge is 2.20. The van der Waals surface area contributed by atoms with Gasteiger partial charge < -0.3 is 21.2 Å². The van der Waals surface area contributed by atoms with E-state index in [1.165, 1.54) is 42.5 Å². The van der Waals surface area contributed by atoms with E-state index in [1.807, 2.05) is 0 Å². The minimum atomic E-state index is -0.714. The highest BCUT2D eigenvalue weighted by Crippen LogP contribution is 2.33. The molecule has 0 spiro atoms. The normalized spacial score (nSPS) is 10.9. The second kappa shape index (κ2) is 8.93. The minimum absolute atomic E-state index is 0.0203. The van der Waals surface area contributed by atoms with E-state index in [0.29, 0.717) is 22.5 Å². The Balaban J connectivity index is 1.62. The van der Waals surface area contributed by atoms with Gasteiger partial charge in [0.05, 0.1) is 15.7 Å². The van der Waals surface area contributed by atoms with Gasteiger partial charge in [0.1, 0.15) is 11.2 Å². The van der Waals surface area contributed by atoms with Crippen LogP contribution in [0.5, 0.6) is 0 Å². The molecule has 5 N–H and O–H groups in total. The number of fused-ring (bicyclic) bond motifs is 2. The summed E-state index contributed by atoms with van der Waals surface area (Å²) in [7, 11) is 0. The topological polar surface area (TPSA) is 172 Å². The maximum Gasteiger partial charge on any atom is 0.269 e. The van der Waals surface area contributed by atoms with Crippen molar-refractivity contribution in [1.29, 1.82) is 0 Å². The van der Waals surface area contributed by atoms with Crippen LogP contribution in [-0.2, 0) is 0 Å². The number of nitrogens with two attached hydrogens (primary N) is 2. The lowest BCUT2D eigenvalue weighted by atomic mass is 9.94. The van der Waals surface area contributed by atoms with E-state index in [-0.39, 0.29) is 38.8 Å². The Morgan fingerprint density at radius 2 is 1.46 bits per heavy atom. The van der Waals surface area contributed by atoms with Crippen molar-refractivity contribution in [3.63, 3.8) is 0 Å². The van der Waals surface area contributed by atoms with Crippen LogP contribution in [0.4, 0.5) is 17.1 Å². The van der Waals surface area contributed by atoms with Gasteiger partial charge in [0.2, 0.25) is 17.2 Å². The Kier molecular flexibility index (Phi) is 5.61. The fourth-order valence-electron chi connectivity index (χ4n) is 4.15. The van der Waals surface area contributed by atoms with Gasteiger partial charge in [-0.3, -0.25) is 24.5 Å². The molecule has 0 fully saturated rings. The van der Waals surface area contributed by atoms with Crippen LogP contribution in [0.3, 0.4) is 0 Å². The summed E-state index contributed by atoms with van der Waals surface area (Å²) >= 11 is 0. The summed E-state index contributed by atoms with van der Waals surface area (Å²) in [6, 6.07) is 20.1. The van der Waals surface area contributed by atoms with Gasteiger partial charge in [-0.05, 0) is 60.2 Å². The van der Waals surface area contributed by atoms with E-state index in [1.54, 1.807) is 36.4 Å². The number of carbonyl (C=O) groups is 2. The molecule has 0 atom stereocenters. The highest BCUT2D eigenvalue weighted by molar-refractivity contribution is 6.10. The molecule has 0 radical (unpaired) electrons. The molecule has 10 nitrogen and oxygen atoms in total. The van der Waals surface area contributed by atoms with E-state index in [2.05, 4.69) is 5.32 Å². The monoisotopic (exact) mass is 494 g/mol. The number of nitrogens with one attached hydrogen (secondary N) is 1. The summed E-state index contributed by atoms with van der Waals surface area (Å²) in [5, 5.41) is 14.4. The minimum Gasteiger partial charge on any atom is -0.456 e. The lowest BCUT2D eigenvalue weighted by Crippen LogP contribution is -2.15. The summed E-state index contributed by atoms with van der Waals surface area (Å²) in [5.41, 5.74) is 13.5. The SMILES string of the molecule is NC(=O)c1ccc2c(=O)c3c(-c4ccc(Nc5ccc([N+](=O)[O-])cc5)cc4)c(C(N)=O)ccc3oc2c1. The van der Waals surface area contributed by atoms with Gasteiger partial charge in [-0.25, -0.2) is 0 Å². The number of anilines is 2. The van der Waals surface area contributed by atoms with Crippen molar-refractivity contribution in [2.24, 2.45) is 11.5 Å². The van der Waals surface area contributed by atoms with Crippen molar-refractivity contribution in [2.75, 3.05) is 5.32 Å². The largest absolute Gasteiger partial charge is 0.456 e. The number of nitro groups is 1.